The molecule has 2 nitrogen and oxygen atoms in total. The molecule has 0 bridgehead atoms. The highest BCUT2D eigenvalue weighted by Gasteiger charge is 1.89. The number of ether oxygens (including phenoxy) is 1. The lowest BCUT2D eigenvalue weighted by Crippen LogP contribution is -2.09. The first kappa shape index (κ1) is 6.58. The van der Waals surface area contributed by atoms with E-state index in [4.69, 9.17) is 10.5 Å². The monoisotopic (exact) mass is 143 g/mol. The zero-order chi connectivity index (χ0) is 6.53. The van der Waals surface area contributed by atoms with Gasteiger partial charge < -0.3 is 10.5 Å². The molecule has 1 rings (SSSR count). The van der Waals surface area contributed by atoms with E-state index in [0.29, 0.717) is 13.2 Å². The molecule has 0 saturated heterocycles. The van der Waals surface area contributed by atoms with E-state index in [1.54, 1.807) is 11.3 Å². The summed E-state index contributed by atoms with van der Waals surface area (Å²) < 4.78 is 5.19. The van der Waals surface area contributed by atoms with Gasteiger partial charge in [-0.3, -0.25) is 0 Å². The summed E-state index contributed by atoms with van der Waals surface area (Å²) in [7, 11) is 0. The number of hydrogen-bond donors (Lipinski definition) is 1. The Balaban J connectivity index is 2.30. The van der Waals surface area contributed by atoms with Gasteiger partial charge in [-0.2, -0.15) is 0 Å². The second-order valence-corrected chi connectivity index (χ2v) is 2.48. The lowest BCUT2D eigenvalue weighted by molar-refractivity contribution is 0.338. The number of hydrogen-bond acceptors (Lipinski definition) is 3. The highest BCUT2D eigenvalue weighted by molar-refractivity contribution is 7.11. The molecule has 2 N–H and O–H groups in total. The molecule has 50 valence electrons. The van der Waals surface area contributed by atoms with Crippen LogP contribution in [0.1, 0.15) is 0 Å². The lowest BCUT2D eigenvalue weighted by atomic mass is 10.6. The van der Waals surface area contributed by atoms with E-state index < -0.39 is 0 Å². The third-order valence-electron chi connectivity index (χ3n) is 0.857. The van der Waals surface area contributed by atoms with Crippen molar-refractivity contribution in [2.45, 2.75) is 0 Å². The maximum absolute atomic E-state index is 5.22. The molecule has 9 heavy (non-hydrogen) atoms. The predicted octanol–water partition coefficient (Wildman–Crippen LogP) is 1.09. The molecular weight excluding hydrogens is 134 g/mol. The average Bonchev–Trinajstić information content (AvgIpc) is 2.34. The Hall–Kier alpha value is -0.540. The minimum absolute atomic E-state index is 0.581. The minimum atomic E-state index is 0.581. The first-order chi connectivity index (χ1) is 4.43. The van der Waals surface area contributed by atoms with Crippen LogP contribution in [-0.2, 0) is 0 Å². The van der Waals surface area contributed by atoms with Crippen molar-refractivity contribution in [1.82, 2.24) is 0 Å². The largest absolute Gasteiger partial charge is 0.483 e. The van der Waals surface area contributed by atoms with Crippen LogP contribution in [0, 0.1) is 0 Å². The predicted molar refractivity (Wildman–Crippen MR) is 38.9 cm³/mol. The minimum Gasteiger partial charge on any atom is -0.483 e. The lowest BCUT2D eigenvalue weighted by Gasteiger charge is -1.97. The number of rotatable bonds is 3. The topological polar surface area (TPSA) is 35.2 Å². The van der Waals surface area contributed by atoms with Crippen molar-refractivity contribution < 1.29 is 4.74 Å². The van der Waals surface area contributed by atoms with Crippen molar-refractivity contribution in [3.63, 3.8) is 0 Å². The van der Waals surface area contributed by atoms with Gasteiger partial charge in [0.2, 0.25) is 0 Å². The van der Waals surface area contributed by atoms with E-state index in [1.807, 2.05) is 17.5 Å². The summed E-state index contributed by atoms with van der Waals surface area (Å²) in [4.78, 5) is 0. The second-order valence-electron chi connectivity index (χ2n) is 1.57. The van der Waals surface area contributed by atoms with E-state index >= 15 is 0 Å². The highest BCUT2D eigenvalue weighted by Crippen LogP contribution is 2.17. The SMILES string of the molecule is NCCOc1cccs1. The van der Waals surface area contributed by atoms with Gasteiger partial charge in [-0.1, -0.05) is 0 Å². The van der Waals surface area contributed by atoms with Crippen molar-refractivity contribution in [3.05, 3.63) is 17.5 Å². The van der Waals surface area contributed by atoms with Gasteiger partial charge in [-0.25, -0.2) is 0 Å². The molecule has 1 aromatic rings. The van der Waals surface area contributed by atoms with Crippen molar-refractivity contribution in [2.24, 2.45) is 5.73 Å². The van der Waals surface area contributed by atoms with E-state index in [9.17, 15) is 0 Å². The number of thiophene rings is 1. The molecule has 0 unspecified atom stereocenters. The normalized spacial score (nSPS) is 9.44. The summed E-state index contributed by atoms with van der Waals surface area (Å²) >= 11 is 1.59. The van der Waals surface area contributed by atoms with Gasteiger partial charge in [-0.05, 0) is 17.5 Å². The van der Waals surface area contributed by atoms with Crippen molar-refractivity contribution >= 4 is 11.3 Å². The van der Waals surface area contributed by atoms with Crippen LogP contribution in [0.3, 0.4) is 0 Å². The highest BCUT2D eigenvalue weighted by atomic mass is 32.1. The van der Waals surface area contributed by atoms with Crippen LogP contribution >= 0.6 is 11.3 Å². The smallest absolute Gasteiger partial charge is 0.173 e. The Labute approximate surface area is 58.3 Å². The second kappa shape index (κ2) is 3.48. The van der Waals surface area contributed by atoms with Gasteiger partial charge in [0.1, 0.15) is 6.61 Å². The molecular formula is C6H9NOS. The summed E-state index contributed by atoms with van der Waals surface area (Å²) in [6, 6.07) is 3.89. The van der Waals surface area contributed by atoms with Crippen LogP contribution in [-0.4, -0.2) is 13.2 Å². The summed E-state index contributed by atoms with van der Waals surface area (Å²) in [5.41, 5.74) is 5.22. The fourth-order valence-electron chi connectivity index (χ4n) is 0.505. The molecule has 0 saturated carbocycles. The Kier molecular flexibility index (Phi) is 2.54. The Morgan fingerprint density at radius 3 is 3.11 bits per heavy atom. The van der Waals surface area contributed by atoms with Crippen LogP contribution < -0.4 is 10.5 Å². The molecule has 0 spiro atoms. The van der Waals surface area contributed by atoms with Gasteiger partial charge >= 0.3 is 0 Å². The van der Waals surface area contributed by atoms with Gasteiger partial charge in [0.05, 0.1) is 0 Å². The van der Waals surface area contributed by atoms with E-state index in [2.05, 4.69) is 0 Å². The molecule has 0 amide bonds. The molecule has 0 radical (unpaired) electrons. The molecule has 0 atom stereocenters. The quantitative estimate of drug-likeness (QED) is 0.687. The maximum Gasteiger partial charge on any atom is 0.173 e. The maximum atomic E-state index is 5.22. The van der Waals surface area contributed by atoms with E-state index in [0.717, 1.165) is 5.06 Å². The first-order valence-corrected chi connectivity index (χ1v) is 3.68. The Morgan fingerprint density at radius 1 is 1.67 bits per heavy atom. The van der Waals surface area contributed by atoms with E-state index in [1.165, 1.54) is 0 Å². The Bertz CT molecular complexity index is 150. The molecule has 3 heteroatoms. The van der Waals surface area contributed by atoms with Gasteiger partial charge in [0.15, 0.2) is 5.06 Å². The fraction of sp³-hybridized carbons (Fsp3) is 0.333. The van der Waals surface area contributed by atoms with Gasteiger partial charge in [-0.15, -0.1) is 11.3 Å². The summed E-state index contributed by atoms with van der Waals surface area (Å²) in [6.07, 6.45) is 0. The molecule has 1 heterocycles. The standard InChI is InChI=1S/C6H9NOS/c7-3-4-8-6-2-1-5-9-6/h1-2,5H,3-4,7H2. The average molecular weight is 143 g/mol. The molecule has 0 aromatic carbocycles. The van der Waals surface area contributed by atoms with Crippen molar-refractivity contribution in [3.8, 4) is 5.06 Å². The summed E-state index contributed by atoms with van der Waals surface area (Å²) in [5.74, 6) is 0. The van der Waals surface area contributed by atoms with Crippen molar-refractivity contribution in [1.29, 1.82) is 0 Å². The third kappa shape index (κ3) is 2.03. The summed E-state index contributed by atoms with van der Waals surface area (Å²) in [5, 5.41) is 2.92. The molecule has 0 aliphatic rings. The summed E-state index contributed by atoms with van der Waals surface area (Å²) in [6.45, 7) is 1.19. The third-order valence-corrected chi connectivity index (χ3v) is 1.64. The molecule has 0 fully saturated rings. The zero-order valence-corrected chi connectivity index (χ0v) is 5.86. The molecule has 1 aromatic heterocycles. The number of nitrogens with two attached hydrogens (primary N) is 1. The zero-order valence-electron chi connectivity index (χ0n) is 5.04. The van der Waals surface area contributed by atoms with Crippen LogP contribution in [0.2, 0.25) is 0 Å². The first-order valence-electron chi connectivity index (χ1n) is 2.80. The Morgan fingerprint density at radius 2 is 2.56 bits per heavy atom. The fourth-order valence-corrected chi connectivity index (χ4v) is 1.10. The van der Waals surface area contributed by atoms with Gasteiger partial charge in [0, 0.05) is 6.54 Å². The van der Waals surface area contributed by atoms with Crippen molar-refractivity contribution in [2.75, 3.05) is 13.2 Å². The van der Waals surface area contributed by atoms with Crippen LogP contribution in [0.5, 0.6) is 5.06 Å². The van der Waals surface area contributed by atoms with Crippen LogP contribution in [0.25, 0.3) is 0 Å². The van der Waals surface area contributed by atoms with Crippen LogP contribution in [0.15, 0.2) is 17.5 Å². The van der Waals surface area contributed by atoms with E-state index in [-0.39, 0.29) is 0 Å². The van der Waals surface area contributed by atoms with Crippen LogP contribution in [0.4, 0.5) is 0 Å². The molecule has 0 aliphatic heterocycles. The van der Waals surface area contributed by atoms with Gasteiger partial charge in [0.25, 0.3) is 0 Å². The molecule has 0 aliphatic carbocycles.